The highest BCUT2D eigenvalue weighted by atomic mass is 16.6. The van der Waals surface area contributed by atoms with Gasteiger partial charge in [-0.05, 0) is 19.4 Å². The van der Waals surface area contributed by atoms with E-state index in [4.69, 9.17) is 5.73 Å². The molecule has 23 heavy (non-hydrogen) atoms. The molecule has 0 saturated carbocycles. The smallest absolute Gasteiger partial charge is 0.353 e. The molecule has 2 saturated heterocycles. The predicted molar refractivity (Wildman–Crippen MR) is 88.9 cm³/mol. The van der Waals surface area contributed by atoms with Gasteiger partial charge in [0.05, 0.1) is 4.92 Å². The van der Waals surface area contributed by atoms with Crippen molar-refractivity contribution in [2.24, 2.45) is 0 Å². The van der Waals surface area contributed by atoms with Crippen LogP contribution in [0.25, 0.3) is 0 Å². The first-order valence-electron chi connectivity index (χ1n) is 8.14. The molecule has 0 radical (unpaired) electrons. The second kappa shape index (κ2) is 6.53. The van der Waals surface area contributed by atoms with E-state index in [2.05, 4.69) is 26.7 Å². The van der Waals surface area contributed by atoms with Crippen LogP contribution in [0.3, 0.4) is 0 Å². The number of anilines is 3. The molecular weight excluding hydrogens is 298 g/mol. The molecule has 3 heterocycles. The Morgan fingerprint density at radius 3 is 2.30 bits per heavy atom. The SMILES string of the molecule is CCN1CCN(c2nc(N)c([N+](=O)[O-])c(N3CCCC3)n2)CC1. The summed E-state index contributed by atoms with van der Waals surface area (Å²) in [6.45, 7) is 8.22. The van der Waals surface area contributed by atoms with Crippen LogP contribution in [0, 0.1) is 10.1 Å². The van der Waals surface area contributed by atoms with Gasteiger partial charge in [-0.1, -0.05) is 6.92 Å². The van der Waals surface area contributed by atoms with Crippen molar-refractivity contribution in [3.05, 3.63) is 10.1 Å². The molecule has 9 nitrogen and oxygen atoms in total. The predicted octanol–water partition coefficient (Wildman–Crippen LogP) is 0.709. The van der Waals surface area contributed by atoms with Crippen molar-refractivity contribution in [2.75, 3.05) is 61.3 Å². The molecule has 9 heteroatoms. The number of hydrogen-bond acceptors (Lipinski definition) is 8. The zero-order valence-corrected chi connectivity index (χ0v) is 13.4. The van der Waals surface area contributed by atoms with Gasteiger partial charge in [0.1, 0.15) is 0 Å². The third kappa shape index (κ3) is 3.14. The van der Waals surface area contributed by atoms with Gasteiger partial charge in [-0.15, -0.1) is 0 Å². The molecule has 0 spiro atoms. The monoisotopic (exact) mass is 321 g/mol. The third-order valence-electron chi connectivity index (χ3n) is 4.57. The summed E-state index contributed by atoms with van der Waals surface area (Å²) in [5.74, 6) is 0.832. The minimum absolute atomic E-state index is 0.0418. The van der Waals surface area contributed by atoms with Crippen LogP contribution in [-0.4, -0.2) is 65.6 Å². The summed E-state index contributed by atoms with van der Waals surface area (Å²) in [7, 11) is 0. The summed E-state index contributed by atoms with van der Waals surface area (Å²) in [5.41, 5.74) is 5.73. The van der Waals surface area contributed by atoms with E-state index in [9.17, 15) is 10.1 Å². The highest BCUT2D eigenvalue weighted by molar-refractivity contribution is 5.71. The maximum absolute atomic E-state index is 11.4. The summed E-state index contributed by atoms with van der Waals surface area (Å²) in [6, 6.07) is 0. The van der Waals surface area contributed by atoms with Crippen molar-refractivity contribution in [2.45, 2.75) is 19.8 Å². The molecule has 0 aliphatic carbocycles. The number of aromatic nitrogens is 2. The Balaban J connectivity index is 1.91. The highest BCUT2D eigenvalue weighted by Crippen LogP contribution is 2.34. The van der Waals surface area contributed by atoms with E-state index in [1.54, 1.807) is 0 Å². The summed E-state index contributed by atoms with van der Waals surface area (Å²) >= 11 is 0. The Kier molecular flexibility index (Phi) is 4.46. The number of piperazine rings is 1. The zero-order chi connectivity index (χ0) is 16.4. The van der Waals surface area contributed by atoms with Crippen LogP contribution in [0.2, 0.25) is 0 Å². The molecule has 2 N–H and O–H groups in total. The van der Waals surface area contributed by atoms with Gasteiger partial charge in [0.25, 0.3) is 0 Å². The fourth-order valence-corrected chi connectivity index (χ4v) is 3.18. The van der Waals surface area contributed by atoms with E-state index < -0.39 is 4.92 Å². The normalized spacial score (nSPS) is 19.3. The molecule has 2 aliphatic rings. The molecule has 2 aliphatic heterocycles. The van der Waals surface area contributed by atoms with Crippen molar-refractivity contribution < 1.29 is 4.92 Å². The van der Waals surface area contributed by atoms with Crippen LogP contribution in [0.1, 0.15) is 19.8 Å². The van der Waals surface area contributed by atoms with Gasteiger partial charge in [-0.2, -0.15) is 9.97 Å². The number of likely N-dealkylation sites (N-methyl/N-ethyl adjacent to an activating group) is 1. The highest BCUT2D eigenvalue weighted by Gasteiger charge is 2.30. The Labute approximate surface area is 135 Å². The molecule has 0 unspecified atom stereocenters. The number of rotatable bonds is 4. The van der Waals surface area contributed by atoms with Crippen molar-refractivity contribution in [1.29, 1.82) is 0 Å². The molecule has 3 rings (SSSR count). The van der Waals surface area contributed by atoms with Gasteiger partial charge < -0.3 is 20.4 Å². The summed E-state index contributed by atoms with van der Waals surface area (Å²) in [6.07, 6.45) is 2.04. The van der Waals surface area contributed by atoms with Crippen molar-refractivity contribution in [1.82, 2.24) is 14.9 Å². The van der Waals surface area contributed by atoms with Crippen molar-refractivity contribution in [3.63, 3.8) is 0 Å². The quantitative estimate of drug-likeness (QED) is 0.638. The second-order valence-electron chi connectivity index (χ2n) is 5.95. The van der Waals surface area contributed by atoms with Gasteiger partial charge in [-0.3, -0.25) is 10.1 Å². The van der Waals surface area contributed by atoms with E-state index in [1.165, 1.54) is 0 Å². The topological polar surface area (TPSA) is 105 Å². The van der Waals surface area contributed by atoms with Crippen LogP contribution in [0.4, 0.5) is 23.3 Å². The lowest BCUT2D eigenvalue weighted by molar-refractivity contribution is -0.383. The van der Waals surface area contributed by atoms with E-state index in [0.717, 1.165) is 58.7 Å². The number of nitrogen functional groups attached to an aromatic ring is 1. The Bertz CT molecular complexity index is 581. The van der Waals surface area contributed by atoms with Crippen LogP contribution >= 0.6 is 0 Å². The first kappa shape index (κ1) is 15.7. The summed E-state index contributed by atoms with van der Waals surface area (Å²) in [5, 5.41) is 11.4. The first-order valence-corrected chi connectivity index (χ1v) is 8.14. The second-order valence-corrected chi connectivity index (χ2v) is 5.95. The first-order chi connectivity index (χ1) is 11.1. The minimum Gasteiger partial charge on any atom is -0.378 e. The van der Waals surface area contributed by atoms with Crippen molar-refractivity contribution >= 4 is 23.3 Å². The molecule has 0 aromatic carbocycles. The number of hydrogen-bond donors (Lipinski definition) is 1. The molecule has 126 valence electrons. The third-order valence-corrected chi connectivity index (χ3v) is 4.57. The average Bonchev–Trinajstić information content (AvgIpc) is 3.08. The largest absolute Gasteiger partial charge is 0.378 e. The Morgan fingerprint density at radius 1 is 1.09 bits per heavy atom. The maximum atomic E-state index is 11.4. The molecule has 1 aromatic heterocycles. The van der Waals surface area contributed by atoms with E-state index >= 15 is 0 Å². The van der Waals surface area contributed by atoms with E-state index in [-0.39, 0.29) is 11.5 Å². The molecule has 0 bridgehead atoms. The van der Waals surface area contributed by atoms with Crippen LogP contribution in [-0.2, 0) is 0 Å². The maximum Gasteiger partial charge on any atom is 0.353 e. The van der Waals surface area contributed by atoms with Gasteiger partial charge in [0, 0.05) is 39.3 Å². The lowest BCUT2D eigenvalue weighted by atomic mass is 10.3. The van der Waals surface area contributed by atoms with Crippen LogP contribution in [0.15, 0.2) is 0 Å². The van der Waals surface area contributed by atoms with Crippen molar-refractivity contribution in [3.8, 4) is 0 Å². The molecule has 2 fully saturated rings. The average molecular weight is 321 g/mol. The summed E-state index contributed by atoms with van der Waals surface area (Å²) < 4.78 is 0. The van der Waals surface area contributed by atoms with E-state index in [1.807, 2.05) is 4.90 Å². The fourth-order valence-electron chi connectivity index (χ4n) is 3.18. The zero-order valence-electron chi connectivity index (χ0n) is 13.4. The molecule has 1 aromatic rings. The van der Waals surface area contributed by atoms with Gasteiger partial charge in [0.15, 0.2) is 0 Å². The van der Waals surface area contributed by atoms with Gasteiger partial charge in [-0.25, -0.2) is 0 Å². The number of nitrogens with two attached hydrogens (primary N) is 1. The van der Waals surface area contributed by atoms with Gasteiger partial charge in [0.2, 0.25) is 17.6 Å². The standard InChI is InChI=1S/C14H23N7O2/c1-2-18-7-9-20(10-8-18)14-16-12(15)11(21(22)23)13(17-14)19-5-3-4-6-19/h2-10H2,1H3,(H2,15,16,17). The minimum atomic E-state index is -0.470. The lowest BCUT2D eigenvalue weighted by Crippen LogP contribution is -2.47. The van der Waals surface area contributed by atoms with E-state index in [0.29, 0.717) is 11.8 Å². The number of nitrogens with zero attached hydrogens (tertiary/aromatic N) is 6. The van der Waals surface area contributed by atoms with Crippen LogP contribution < -0.4 is 15.5 Å². The van der Waals surface area contributed by atoms with Crippen LogP contribution in [0.5, 0.6) is 0 Å². The Hall–Kier alpha value is -2.16. The number of nitro groups is 1. The molecular formula is C14H23N7O2. The fraction of sp³-hybridized carbons (Fsp3) is 0.714. The van der Waals surface area contributed by atoms with Gasteiger partial charge >= 0.3 is 5.69 Å². The summed E-state index contributed by atoms with van der Waals surface area (Å²) in [4.78, 5) is 26.0. The Morgan fingerprint density at radius 2 is 1.74 bits per heavy atom. The molecule has 0 amide bonds. The molecule has 0 atom stereocenters. The lowest BCUT2D eigenvalue weighted by Gasteiger charge is -2.34.